The summed E-state index contributed by atoms with van der Waals surface area (Å²) in [5.41, 5.74) is 1.97. The van der Waals surface area contributed by atoms with E-state index in [0.29, 0.717) is 11.0 Å². The Morgan fingerprint density at radius 2 is 1.86 bits per heavy atom. The fourth-order valence-electron chi connectivity index (χ4n) is 3.52. The molecular weight excluding hydrogens is 368 g/mol. The van der Waals surface area contributed by atoms with Gasteiger partial charge < -0.3 is 5.32 Å². The van der Waals surface area contributed by atoms with Gasteiger partial charge in [0.1, 0.15) is 12.2 Å². The first-order valence-electron chi connectivity index (χ1n) is 9.69. The van der Waals surface area contributed by atoms with Crippen LogP contribution in [0.3, 0.4) is 0 Å². The van der Waals surface area contributed by atoms with Gasteiger partial charge in [-0.05, 0) is 50.8 Å². The molecule has 3 rings (SSSR count). The predicted molar refractivity (Wildman–Crippen MR) is 113 cm³/mol. The summed E-state index contributed by atoms with van der Waals surface area (Å²) in [5, 5.41) is 3.25. The van der Waals surface area contributed by atoms with Crippen molar-refractivity contribution in [1.82, 2.24) is 19.4 Å². The molecule has 7 nitrogen and oxygen atoms in total. The minimum atomic E-state index is -0.549. The van der Waals surface area contributed by atoms with E-state index in [-0.39, 0.29) is 18.5 Å². The molecule has 3 aromatic rings. The van der Waals surface area contributed by atoms with Crippen LogP contribution in [0.15, 0.2) is 46.0 Å². The molecule has 1 N–H and O–H groups in total. The van der Waals surface area contributed by atoms with E-state index < -0.39 is 11.2 Å². The Labute approximate surface area is 169 Å². The quantitative estimate of drug-likeness (QED) is 0.691. The first-order chi connectivity index (χ1) is 13.8. The van der Waals surface area contributed by atoms with Gasteiger partial charge in [-0.3, -0.25) is 18.7 Å². The van der Waals surface area contributed by atoms with Gasteiger partial charge in [0.25, 0.3) is 5.56 Å². The highest BCUT2D eigenvalue weighted by Crippen LogP contribution is 2.12. The maximum atomic E-state index is 12.9. The lowest BCUT2D eigenvalue weighted by Crippen LogP contribution is -2.45. The second-order valence-corrected chi connectivity index (χ2v) is 7.50. The molecule has 7 heteroatoms. The Bertz CT molecular complexity index is 1160. The zero-order valence-corrected chi connectivity index (χ0v) is 17.2. The number of carbonyl (C=O) groups excluding carboxylic acids is 1. The summed E-state index contributed by atoms with van der Waals surface area (Å²) in [6.07, 6.45) is 1.60. The summed E-state index contributed by atoms with van der Waals surface area (Å²) in [4.78, 5) is 42.4. The Hall–Kier alpha value is -3.22. The summed E-state index contributed by atoms with van der Waals surface area (Å²) >= 11 is 0. The van der Waals surface area contributed by atoms with Crippen molar-refractivity contribution in [2.75, 3.05) is 0 Å². The highest BCUT2D eigenvalue weighted by atomic mass is 16.2. The van der Waals surface area contributed by atoms with Gasteiger partial charge in [0.15, 0.2) is 0 Å². The van der Waals surface area contributed by atoms with Gasteiger partial charge in [0, 0.05) is 18.8 Å². The van der Waals surface area contributed by atoms with Gasteiger partial charge in [-0.15, -0.1) is 0 Å². The molecule has 0 aliphatic heterocycles. The lowest BCUT2D eigenvalue weighted by atomic mass is 10.1. The topological polar surface area (TPSA) is 86.0 Å². The Balaban J connectivity index is 1.78. The van der Waals surface area contributed by atoms with Crippen molar-refractivity contribution in [1.29, 1.82) is 0 Å². The van der Waals surface area contributed by atoms with Crippen molar-refractivity contribution in [2.45, 2.75) is 46.2 Å². The van der Waals surface area contributed by atoms with Crippen LogP contribution in [0.2, 0.25) is 0 Å². The van der Waals surface area contributed by atoms with Crippen LogP contribution in [0.4, 0.5) is 0 Å². The first kappa shape index (κ1) is 20.5. The first-order valence-corrected chi connectivity index (χ1v) is 9.69. The molecule has 152 valence electrons. The van der Waals surface area contributed by atoms with Crippen molar-refractivity contribution >= 4 is 16.9 Å². The highest BCUT2D eigenvalue weighted by molar-refractivity contribution is 5.79. The monoisotopic (exact) mass is 394 g/mol. The third-order valence-corrected chi connectivity index (χ3v) is 5.04. The second kappa shape index (κ2) is 8.43. The van der Waals surface area contributed by atoms with E-state index in [1.807, 2.05) is 44.2 Å². The van der Waals surface area contributed by atoms with Crippen molar-refractivity contribution in [3.63, 3.8) is 0 Å². The molecule has 0 aliphatic rings. The molecule has 0 spiro atoms. The average molecular weight is 394 g/mol. The third-order valence-electron chi connectivity index (χ3n) is 5.04. The number of nitrogens with one attached hydrogen (secondary N) is 1. The van der Waals surface area contributed by atoms with Gasteiger partial charge in [0.2, 0.25) is 5.91 Å². The minimum absolute atomic E-state index is 0.0752. The predicted octanol–water partition coefficient (Wildman–Crippen LogP) is 1.85. The van der Waals surface area contributed by atoms with E-state index >= 15 is 0 Å². The van der Waals surface area contributed by atoms with Crippen molar-refractivity contribution in [3.05, 3.63) is 74.1 Å². The standard InChI is InChI=1S/C22H26N4O3/c1-14-12-16(3)24-20-19(14)21(28)26(22(29)25(20)4)13-18(27)23-15(2)10-11-17-8-6-5-7-9-17/h5-9,12,15H,10-11,13H2,1-4H3,(H,23,27)/t15-/m0/s1. The largest absolute Gasteiger partial charge is 0.352 e. The number of aryl methyl sites for hydroxylation is 4. The molecule has 29 heavy (non-hydrogen) atoms. The number of carbonyl (C=O) groups is 1. The van der Waals surface area contributed by atoms with Crippen molar-refractivity contribution in [3.8, 4) is 0 Å². The van der Waals surface area contributed by atoms with Crippen LogP contribution in [0.5, 0.6) is 0 Å². The Kier molecular flexibility index (Phi) is 5.96. The number of aromatic nitrogens is 3. The van der Waals surface area contributed by atoms with Crippen LogP contribution in [0, 0.1) is 13.8 Å². The van der Waals surface area contributed by atoms with Gasteiger partial charge in [-0.25, -0.2) is 9.78 Å². The zero-order chi connectivity index (χ0) is 21.1. The van der Waals surface area contributed by atoms with Gasteiger partial charge in [-0.2, -0.15) is 0 Å². The van der Waals surface area contributed by atoms with Gasteiger partial charge in [-0.1, -0.05) is 30.3 Å². The Morgan fingerprint density at radius 1 is 1.17 bits per heavy atom. The molecule has 0 unspecified atom stereocenters. The molecule has 0 saturated carbocycles. The van der Waals surface area contributed by atoms with E-state index in [1.54, 1.807) is 20.0 Å². The van der Waals surface area contributed by atoms with E-state index in [1.165, 1.54) is 10.1 Å². The SMILES string of the molecule is Cc1cc(C)c2c(=O)n(CC(=O)N[C@@H](C)CCc3ccccc3)c(=O)n(C)c2n1. The van der Waals surface area contributed by atoms with Crippen LogP contribution in [0.1, 0.15) is 30.2 Å². The number of benzene rings is 1. The minimum Gasteiger partial charge on any atom is -0.352 e. The molecule has 0 fully saturated rings. The lowest BCUT2D eigenvalue weighted by Gasteiger charge is -2.15. The fraction of sp³-hybridized carbons (Fsp3) is 0.364. The number of hydrogen-bond donors (Lipinski definition) is 1. The molecule has 0 aliphatic carbocycles. The Morgan fingerprint density at radius 3 is 2.55 bits per heavy atom. The molecule has 1 aromatic carbocycles. The zero-order valence-electron chi connectivity index (χ0n) is 17.2. The molecule has 0 radical (unpaired) electrons. The fourth-order valence-corrected chi connectivity index (χ4v) is 3.52. The van der Waals surface area contributed by atoms with E-state index in [2.05, 4.69) is 10.3 Å². The molecule has 0 saturated heterocycles. The maximum Gasteiger partial charge on any atom is 0.332 e. The average Bonchev–Trinajstić information content (AvgIpc) is 2.68. The summed E-state index contributed by atoms with van der Waals surface area (Å²) in [5.74, 6) is -0.359. The molecule has 2 heterocycles. The smallest absolute Gasteiger partial charge is 0.332 e. The van der Waals surface area contributed by atoms with E-state index in [9.17, 15) is 14.4 Å². The third kappa shape index (κ3) is 4.45. The van der Waals surface area contributed by atoms with Gasteiger partial charge in [0.05, 0.1) is 5.39 Å². The second-order valence-electron chi connectivity index (χ2n) is 7.50. The number of amides is 1. The number of hydrogen-bond acceptors (Lipinski definition) is 4. The maximum absolute atomic E-state index is 12.9. The van der Waals surface area contributed by atoms with Crippen molar-refractivity contribution in [2.24, 2.45) is 7.05 Å². The summed E-state index contributed by atoms with van der Waals surface area (Å²) in [7, 11) is 1.56. The lowest BCUT2D eigenvalue weighted by molar-refractivity contribution is -0.122. The van der Waals surface area contributed by atoms with Crippen LogP contribution < -0.4 is 16.6 Å². The normalized spacial score (nSPS) is 12.1. The van der Waals surface area contributed by atoms with Crippen molar-refractivity contribution < 1.29 is 4.79 Å². The van der Waals surface area contributed by atoms with Crippen LogP contribution in [-0.2, 0) is 24.8 Å². The molecule has 2 aromatic heterocycles. The molecular formula is C22H26N4O3. The summed E-state index contributed by atoms with van der Waals surface area (Å²) in [6, 6.07) is 11.8. The van der Waals surface area contributed by atoms with Crippen LogP contribution in [-0.4, -0.2) is 26.1 Å². The summed E-state index contributed by atoms with van der Waals surface area (Å²) in [6.45, 7) is 5.22. The molecule has 0 bridgehead atoms. The number of pyridine rings is 1. The van der Waals surface area contributed by atoms with Crippen LogP contribution >= 0.6 is 0 Å². The number of fused-ring (bicyclic) bond motifs is 1. The number of rotatable bonds is 6. The van der Waals surface area contributed by atoms with Crippen LogP contribution in [0.25, 0.3) is 11.0 Å². The van der Waals surface area contributed by atoms with E-state index in [0.717, 1.165) is 28.7 Å². The number of nitrogens with zero attached hydrogens (tertiary/aromatic N) is 3. The molecule has 1 amide bonds. The summed E-state index contributed by atoms with van der Waals surface area (Å²) < 4.78 is 2.30. The molecule has 1 atom stereocenters. The van der Waals surface area contributed by atoms with E-state index in [4.69, 9.17) is 0 Å². The van der Waals surface area contributed by atoms with Gasteiger partial charge >= 0.3 is 5.69 Å². The highest BCUT2D eigenvalue weighted by Gasteiger charge is 2.17.